The highest BCUT2D eigenvalue weighted by Gasteiger charge is 2.48. The number of amides is 1. The van der Waals surface area contributed by atoms with Gasteiger partial charge in [0.1, 0.15) is 11.6 Å². The lowest BCUT2D eigenvalue weighted by molar-refractivity contribution is -0.135. The van der Waals surface area contributed by atoms with Crippen molar-refractivity contribution in [1.29, 1.82) is 0 Å². The van der Waals surface area contributed by atoms with Crippen molar-refractivity contribution in [3.8, 4) is 0 Å². The molecule has 1 aromatic rings. The highest BCUT2D eigenvalue weighted by molar-refractivity contribution is 5.83. The Bertz CT molecular complexity index is 591. The van der Waals surface area contributed by atoms with Crippen LogP contribution in [0, 0.1) is 23.0 Å². The summed E-state index contributed by atoms with van der Waals surface area (Å²) in [5.41, 5.74) is 0.257. The molecule has 2 unspecified atom stereocenters. The van der Waals surface area contributed by atoms with E-state index in [0.717, 1.165) is 31.4 Å². The van der Waals surface area contributed by atoms with Crippen LogP contribution < -0.4 is 0 Å². The molecular formula is C18H23F2NO2. The van der Waals surface area contributed by atoms with Gasteiger partial charge in [0.25, 0.3) is 0 Å². The van der Waals surface area contributed by atoms with Crippen LogP contribution in [0.2, 0.25) is 0 Å². The van der Waals surface area contributed by atoms with E-state index in [2.05, 4.69) is 6.92 Å². The topological polar surface area (TPSA) is 40.5 Å². The minimum Gasteiger partial charge on any atom is -0.396 e. The molecule has 0 aromatic heterocycles. The molecule has 0 spiro atoms. The number of likely N-dealkylation sites (tertiary alicyclic amines) is 1. The molecule has 23 heavy (non-hydrogen) atoms. The molecule has 1 saturated heterocycles. The highest BCUT2D eigenvalue weighted by atomic mass is 19.1. The molecule has 126 valence electrons. The highest BCUT2D eigenvalue weighted by Crippen LogP contribution is 2.50. The fourth-order valence-corrected chi connectivity index (χ4v) is 3.67. The molecule has 1 amide bonds. The predicted octanol–water partition coefficient (Wildman–Crippen LogP) is 3.08. The largest absolute Gasteiger partial charge is 0.396 e. The molecular weight excluding hydrogens is 300 g/mol. The predicted molar refractivity (Wildman–Crippen MR) is 82.8 cm³/mol. The first-order valence-corrected chi connectivity index (χ1v) is 8.34. The third kappa shape index (κ3) is 3.11. The Morgan fingerprint density at radius 1 is 1.35 bits per heavy atom. The van der Waals surface area contributed by atoms with E-state index < -0.39 is 11.6 Å². The van der Waals surface area contributed by atoms with Gasteiger partial charge in [-0.05, 0) is 60.8 Å². The van der Waals surface area contributed by atoms with Crippen molar-refractivity contribution in [2.24, 2.45) is 11.3 Å². The first-order chi connectivity index (χ1) is 11.0. The molecule has 5 heteroatoms. The summed E-state index contributed by atoms with van der Waals surface area (Å²) in [6.07, 6.45) is 3.11. The van der Waals surface area contributed by atoms with Crippen LogP contribution in [0.15, 0.2) is 18.2 Å². The molecule has 1 heterocycles. The van der Waals surface area contributed by atoms with E-state index in [9.17, 15) is 18.7 Å². The normalized spacial score (nSPS) is 26.2. The Hall–Kier alpha value is -1.49. The molecule has 1 saturated carbocycles. The van der Waals surface area contributed by atoms with Crippen LogP contribution in [-0.2, 0) is 4.79 Å². The summed E-state index contributed by atoms with van der Waals surface area (Å²) in [6, 6.07) is 3.43. The quantitative estimate of drug-likeness (QED) is 0.925. The molecule has 3 nitrogen and oxygen atoms in total. The summed E-state index contributed by atoms with van der Waals surface area (Å²) in [5.74, 6) is -1.28. The molecule has 0 bridgehead atoms. The number of rotatable bonds is 4. The first-order valence-electron chi connectivity index (χ1n) is 8.34. The fourth-order valence-electron chi connectivity index (χ4n) is 3.67. The molecule has 0 radical (unpaired) electrons. The Kier molecular flexibility index (Phi) is 4.41. The van der Waals surface area contributed by atoms with Crippen LogP contribution >= 0.6 is 0 Å². The lowest BCUT2D eigenvalue weighted by atomic mass is 9.77. The summed E-state index contributed by atoms with van der Waals surface area (Å²) < 4.78 is 27.1. The van der Waals surface area contributed by atoms with E-state index in [1.807, 2.05) is 4.90 Å². The number of aliphatic hydroxyl groups excluding tert-OH is 1. The van der Waals surface area contributed by atoms with Crippen molar-refractivity contribution >= 4 is 5.91 Å². The Morgan fingerprint density at radius 2 is 2.04 bits per heavy atom. The van der Waals surface area contributed by atoms with Gasteiger partial charge in [0.2, 0.25) is 5.91 Å². The lowest BCUT2D eigenvalue weighted by Crippen LogP contribution is -2.45. The SMILES string of the molecule is CCC1(CO)CCN(C(=O)C2CC2c2cc(F)ccc2F)CC1. The molecule has 1 aliphatic carbocycles. The van der Waals surface area contributed by atoms with E-state index >= 15 is 0 Å². The maximum absolute atomic E-state index is 13.8. The third-order valence-corrected chi connectivity index (χ3v) is 5.69. The average Bonchev–Trinajstić information content (AvgIpc) is 3.37. The van der Waals surface area contributed by atoms with Crippen molar-refractivity contribution in [3.05, 3.63) is 35.4 Å². The summed E-state index contributed by atoms with van der Waals surface area (Å²) in [7, 11) is 0. The van der Waals surface area contributed by atoms with Gasteiger partial charge in [0.15, 0.2) is 0 Å². The lowest BCUT2D eigenvalue weighted by Gasteiger charge is -2.40. The van der Waals surface area contributed by atoms with Gasteiger partial charge in [-0.2, -0.15) is 0 Å². The number of nitrogens with zero attached hydrogens (tertiary/aromatic N) is 1. The fraction of sp³-hybridized carbons (Fsp3) is 0.611. The number of carbonyl (C=O) groups is 1. The second-order valence-corrected chi connectivity index (χ2v) is 6.95. The Balaban J connectivity index is 1.62. The monoisotopic (exact) mass is 323 g/mol. The summed E-state index contributed by atoms with van der Waals surface area (Å²) >= 11 is 0. The Labute approximate surface area is 135 Å². The van der Waals surface area contributed by atoms with Crippen LogP contribution in [0.4, 0.5) is 8.78 Å². The van der Waals surface area contributed by atoms with E-state index in [0.29, 0.717) is 25.1 Å². The van der Waals surface area contributed by atoms with Crippen LogP contribution in [0.1, 0.15) is 44.1 Å². The number of piperidine rings is 1. The van der Waals surface area contributed by atoms with Crippen LogP contribution in [-0.4, -0.2) is 35.6 Å². The Morgan fingerprint density at radius 3 is 2.65 bits per heavy atom. The molecule has 2 fully saturated rings. The number of benzene rings is 1. The van der Waals surface area contributed by atoms with Gasteiger partial charge in [0, 0.05) is 25.6 Å². The van der Waals surface area contributed by atoms with Crippen molar-refractivity contribution in [3.63, 3.8) is 0 Å². The van der Waals surface area contributed by atoms with E-state index in [-0.39, 0.29) is 29.8 Å². The molecule has 1 aromatic carbocycles. The van der Waals surface area contributed by atoms with Gasteiger partial charge in [-0.25, -0.2) is 8.78 Å². The summed E-state index contributed by atoms with van der Waals surface area (Å²) in [5, 5.41) is 9.55. The van der Waals surface area contributed by atoms with Gasteiger partial charge in [-0.1, -0.05) is 6.92 Å². The van der Waals surface area contributed by atoms with E-state index in [1.165, 1.54) is 6.07 Å². The smallest absolute Gasteiger partial charge is 0.226 e. The average molecular weight is 323 g/mol. The molecule has 3 rings (SSSR count). The van der Waals surface area contributed by atoms with Gasteiger partial charge in [0.05, 0.1) is 0 Å². The zero-order chi connectivity index (χ0) is 16.6. The second kappa shape index (κ2) is 6.19. The summed E-state index contributed by atoms with van der Waals surface area (Å²) in [4.78, 5) is 14.4. The molecule has 2 aliphatic rings. The molecule has 2 atom stereocenters. The number of hydrogen-bond donors (Lipinski definition) is 1. The van der Waals surface area contributed by atoms with Crippen LogP contribution in [0.3, 0.4) is 0 Å². The standard InChI is InChI=1S/C18H23F2NO2/c1-2-18(11-22)5-7-21(8-6-18)17(23)15-10-13(15)14-9-12(19)3-4-16(14)20/h3-4,9,13,15,22H,2,5-8,10-11H2,1H3. The minimum atomic E-state index is -0.465. The molecule has 1 N–H and O–H groups in total. The number of carbonyl (C=O) groups excluding carboxylic acids is 1. The van der Waals surface area contributed by atoms with Crippen molar-refractivity contribution < 1.29 is 18.7 Å². The first kappa shape index (κ1) is 16.4. The van der Waals surface area contributed by atoms with E-state index in [4.69, 9.17) is 0 Å². The zero-order valence-corrected chi connectivity index (χ0v) is 13.4. The van der Waals surface area contributed by atoms with Crippen LogP contribution in [0.5, 0.6) is 0 Å². The maximum Gasteiger partial charge on any atom is 0.226 e. The number of hydrogen-bond acceptors (Lipinski definition) is 2. The zero-order valence-electron chi connectivity index (χ0n) is 13.4. The number of aliphatic hydroxyl groups is 1. The van der Waals surface area contributed by atoms with Crippen molar-refractivity contribution in [2.75, 3.05) is 19.7 Å². The summed E-state index contributed by atoms with van der Waals surface area (Å²) in [6.45, 7) is 3.51. The maximum atomic E-state index is 13.8. The van der Waals surface area contributed by atoms with Crippen LogP contribution in [0.25, 0.3) is 0 Å². The van der Waals surface area contributed by atoms with Gasteiger partial charge in [-0.15, -0.1) is 0 Å². The third-order valence-electron chi connectivity index (χ3n) is 5.69. The van der Waals surface area contributed by atoms with Gasteiger partial charge < -0.3 is 10.0 Å². The van der Waals surface area contributed by atoms with Crippen molar-refractivity contribution in [1.82, 2.24) is 4.90 Å². The minimum absolute atomic E-state index is 0.0429. The molecule has 1 aliphatic heterocycles. The number of halogens is 2. The van der Waals surface area contributed by atoms with E-state index in [1.54, 1.807) is 0 Å². The van der Waals surface area contributed by atoms with Gasteiger partial charge >= 0.3 is 0 Å². The van der Waals surface area contributed by atoms with Gasteiger partial charge in [-0.3, -0.25) is 4.79 Å². The van der Waals surface area contributed by atoms with Crippen molar-refractivity contribution in [2.45, 2.75) is 38.5 Å². The second-order valence-electron chi connectivity index (χ2n) is 6.95.